The van der Waals surface area contributed by atoms with Crippen LogP contribution < -0.4 is 20.1 Å². The van der Waals surface area contributed by atoms with Gasteiger partial charge in [-0.2, -0.15) is 10.2 Å². The first kappa shape index (κ1) is 32.8. The molecule has 4 aromatic rings. The zero-order valence-electron chi connectivity index (χ0n) is 25.1. The summed E-state index contributed by atoms with van der Waals surface area (Å²) in [6.07, 6.45) is 4.18. The highest BCUT2D eigenvalue weighted by molar-refractivity contribution is 6.33. The van der Waals surface area contributed by atoms with Crippen molar-refractivity contribution in [3.05, 3.63) is 95.0 Å². The Balaban J connectivity index is 1.18. The summed E-state index contributed by atoms with van der Waals surface area (Å²) in [6.45, 7) is 7.08. The number of azo groups is 2. The number of halogens is 2. The molecule has 0 atom stereocenters. The van der Waals surface area contributed by atoms with Crippen LogP contribution >= 0.6 is 23.2 Å². The van der Waals surface area contributed by atoms with Crippen LogP contribution in [0.4, 0.5) is 34.1 Å². The number of nitrogens with zero attached hydrogens (tertiary/aromatic N) is 4. The molecule has 0 aliphatic carbocycles. The van der Waals surface area contributed by atoms with E-state index in [1.807, 2.05) is 72.8 Å². The summed E-state index contributed by atoms with van der Waals surface area (Å²) in [5.74, 6) is 1.48. The van der Waals surface area contributed by atoms with Gasteiger partial charge in [0.1, 0.15) is 22.9 Å². The Morgan fingerprint density at radius 3 is 1.32 bits per heavy atom. The molecule has 0 unspecified atom stereocenters. The van der Waals surface area contributed by atoms with E-state index in [1.165, 1.54) is 0 Å². The zero-order valence-corrected chi connectivity index (χ0v) is 26.6. The molecule has 0 saturated carbocycles. The summed E-state index contributed by atoms with van der Waals surface area (Å²) in [5, 5.41) is 25.0. The number of hydrogen-bond donors (Lipinski definition) is 2. The summed E-state index contributed by atoms with van der Waals surface area (Å²) >= 11 is 12.7. The maximum Gasteiger partial charge on any atom is 0.120 e. The molecule has 0 amide bonds. The lowest BCUT2D eigenvalue weighted by Gasteiger charge is -2.09. The average molecular weight is 634 g/mol. The normalized spacial score (nSPS) is 11.3. The maximum absolute atomic E-state index is 6.35. The van der Waals surface area contributed by atoms with Crippen molar-refractivity contribution in [3.63, 3.8) is 0 Å². The van der Waals surface area contributed by atoms with Gasteiger partial charge in [0.15, 0.2) is 0 Å². The average Bonchev–Trinajstić information content (AvgIpc) is 3.04. The minimum atomic E-state index is 0.507. The molecule has 0 bridgehead atoms. The third-order valence-corrected chi connectivity index (χ3v) is 7.04. The molecule has 0 aromatic heterocycles. The fourth-order valence-electron chi connectivity index (χ4n) is 3.91. The number of hydrogen-bond acceptors (Lipinski definition) is 8. The predicted octanol–water partition coefficient (Wildman–Crippen LogP) is 11.7. The fourth-order valence-corrected chi connectivity index (χ4v) is 4.33. The number of ether oxygens (including phenoxy) is 2. The van der Waals surface area contributed by atoms with E-state index in [-0.39, 0.29) is 0 Å². The molecule has 2 N–H and O–H groups in total. The Hall–Kier alpha value is -4.14. The van der Waals surface area contributed by atoms with Crippen molar-refractivity contribution in [2.24, 2.45) is 20.5 Å². The SMILES string of the molecule is CCCCOc1ccc(/N=N/c2ccc(NCCNc3ccc(/N=N/c4ccc(OCCCC)cc4Cl)cc3)cc2)c(Cl)c1. The highest BCUT2D eigenvalue weighted by atomic mass is 35.5. The molecule has 0 spiro atoms. The van der Waals surface area contributed by atoms with Crippen molar-refractivity contribution in [1.29, 1.82) is 0 Å². The monoisotopic (exact) mass is 632 g/mol. The smallest absolute Gasteiger partial charge is 0.120 e. The topological polar surface area (TPSA) is 92.0 Å². The van der Waals surface area contributed by atoms with E-state index in [1.54, 1.807) is 12.1 Å². The van der Waals surface area contributed by atoms with E-state index in [4.69, 9.17) is 32.7 Å². The lowest BCUT2D eigenvalue weighted by molar-refractivity contribution is 0.309. The van der Waals surface area contributed by atoms with E-state index < -0.39 is 0 Å². The molecule has 0 fully saturated rings. The number of unbranched alkanes of at least 4 members (excludes halogenated alkanes) is 2. The Morgan fingerprint density at radius 2 is 0.955 bits per heavy atom. The second-order valence-electron chi connectivity index (χ2n) is 9.98. The second kappa shape index (κ2) is 17.9. The quantitative estimate of drug-likeness (QED) is 0.0894. The Bertz CT molecular complexity index is 1400. The molecule has 0 saturated heterocycles. The van der Waals surface area contributed by atoms with E-state index in [9.17, 15) is 0 Å². The van der Waals surface area contributed by atoms with Gasteiger partial charge in [-0.1, -0.05) is 49.9 Å². The van der Waals surface area contributed by atoms with Crippen LogP contribution in [0.2, 0.25) is 10.0 Å². The van der Waals surface area contributed by atoms with Crippen LogP contribution in [0.3, 0.4) is 0 Å². The Morgan fingerprint density at radius 1 is 0.545 bits per heavy atom. The largest absolute Gasteiger partial charge is 0.494 e. The first-order chi connectivity index (χ1) is 21.5. The summed E-state index contributed by atoms with van der Waals surface area (Å²) in [4.78, 5) is 0. The van der Waals surface area contributed by atoms with Gasteiger partial charge in [0, 0.05) is 36.6 Å². The molecule has 10 heteroatoms. The van der Waals surface area contributed by atoms with Crippen molar-refractivity contribution in [3.8, 4) is 11.5 Å². The van der Waals surface area contributed by atoms with Crippen molar-refractivity contribution < 1.29 is 9.47 Å². The van der Waals surface area contributed by atoms with E-state index >= 15 is 0 Å². The van der Waals surface area contributed by atoms with Crippen molar-refractivity contribution >= 4 is 57.3 Å². The summed E-state index contributed by atoms with van der Waals surface area (Å²) < 4.78 is 11.4. The standard InChI is InChI=1S/C34H38Cl2N6O2/c1-3-5-21-43-29-15-17-33(31(35)23-29)41-39-27-11-7-25(8-12-27)37-19-20-38-26-9-13-28(14-10-26)40-42-34-18-16-30(24-32(34)36)44-22-6-4-2/h7-18,23-24,37-38H,3-6,19-22H2,1-2H3/b41-39+,42-40+. The van der Waals surface area contributed by atoms with Gasteiger partial charge in [-0.25, -0.2) is 0 Å². The Kier molecular flexibility index (Phi) is 13.3. The van der Waals surface area contributed by atoms with Crippen LogP contribution in [-0.4, -0.2) is 26.3 Å². The van der Waals surface area contributed by atoms with E-state index in [0.717, 1.165) is 73.0 Å². The summed E-state index contributed by atoms with van der Waals surface area (Å²) in [7, 11) is 0. The van der Waals surface area contributed by atoms with Crippen molar-refractivity contribution in [2.45, 2.75) is 39.5 Å². The summed E-state index contributed by atoms with van der Waals surface area (Å²) in [5.41, 5.74) is 4.66. The predicted molar refractivity (Wildman–Crippen MR) is 182 cm³/mol. The molecular weight excluding hydrogens is 595 g/mol. The van der Waals surface area contributed by atoms with Gasteiger partial charge in [-0.3, -0.25) is 0 Å². The highest BCUT2D eigenvalue weighted by Gasteiger charge is 2.04. The fraction of sp³-hybridized carbons (Fsp3) is 0.294. The first-order valence-electron chi connectivity index (χ1n) is 14.9. The van der Waals surface area contributed by atoms with Crippen LogP contribution in [0.15, 0.2) is 105 Å². The number of nitrogens with one attached hydrogen (secondary N) is 2. The zero-order chi connectivity index (χ0) is 31.0. The summed E-state index contributed by atoms with van der Waals surface area (Å²) in [6, 6.07) is 26.4. The molecule has 0 aliphatic heterocycles. The molecule has 0 aliphatic rings. The van der Waals surface area contributed by atoms with Gasteiger partial charge in [0.05, 0.1) is 34.6 Å². The van der Waals surface area contributed by atoms with Gasteiger partial charge in [-0.15, -0.1) is 10.2 Å². The number of rotatable bonds is 17. The van der Waals surface area contributed by atoms with Gasteiger partial charge < -0.3 is 20.1 Å². The minimum Gasteiger partial charge on any atom is -0.494 e. The van der Waals surface area contributed by atoms with Crippen LogP contribution in [0.5, 0.6) is 11.5 Å². The van der Waals surface area contributed by atoms with Gasteiger partial charge in [-0.05, 0) is 85.6 Å². The van der Waals surface area contributed by atoms with Gasteiger partial charge >= 0.3 is 0 Å². The molecule has 44 heavy (non-hydrogen) atoms. The van der Waals surface area contributed by atoms with Crippen molar-refractivity contribution in [1.82, 2.24) is 0 Å². The van der Waals surface area contributed by atoms with Crippen LogP contribution in [-0.2, 0) is 0 Å². The third kappa shape index (κ3) is 10.8. The molecule has 8 nitrogen and oxygen atoms in total. The van der Waals surface area contributed by atoms with Crippen LogP contribution in [0.1, 0.15) is 39.5 Å². The first-order valence-corrected chi connectivity index (χ1v) is 15.7. The molecule has 230 valence electrons. The maximum atomic E-state index is 6.35. The van der Waals surface area contributed by atoms with Crippen LogP contribution in [0.25, 0.3) is 0 Å². The van der Waals surface area contributed by atoms with Crippen molar-refractivity contribution in [2.75, 3.05) is 36.9 Å². The van der Waals surface area contributed by atoms with Gasteiger partial charge in [0.25, 0.3) is 0 Å². The number of anilines is 2. The van der Waals surface area contributed by atoms with Gasteiger partial charge in [0.2, 0.25) is 0 Å². The molecule has 4 aromatic carbocycles. The third-order valence-electron chi connectivity index (χ3n) is 6.44. The number of benzene rings is 4. The molecular formula is C34H38Cl2N6O2. The lowest BCUT2D eigenvalue weighted by atomic mass is 10.2. The minimum absolute atomic E-state index is 0.507. The molecule has 4 rings (SSSR count). The lowest BCUT2D eigenvalue weighted by Crippen LogP contribution is -2.13. The van der Waals surface area contributed by atoms with Crippen LogP contribution in [0, 0.1) is 0 Å². The van der Waals surface area contributed by atoms with E-state index in [2.05, 4.69) is 44.9 Å². The molecule has 0 radical (unpaired) electrons. The highest BCUT2D eigenvalue weighted by Crippen LogP contribution is 2.32. The van der Waals surface area contributed by atoms with E-state index in [0.29, 0.717) is 34.6 Å². The Labute approximate surface area is 269 Å². The molecule has 0 heterocycles. The second-order valence-corrected chi connectivity index (χ2v) is 10.8.